The van der Waals surface area contributed by atoms with Crippen molar-refractivity contribution in [3.05, 3.63) is 22.4 Å². The molecule has 0 spiro atoms. The Hall–Kier alpha value is -0.780. The van der Waals surface area contributed by atoms with Gasteiger partial charge in [-0.15, -0.1) is 17.3 Å². The Morgan fingerprint density at radius 2 is 2.55 bits per heavy atom. The summed E-state index contributed by atoms with van der Waals surface area (Å²) in [6.07, 6.45) is 0. The van der Waals surface area contributed by atoms with Crippen molar-refractivity contribution in [3.63, 3.8) is 0 Å². The lowest BCUT2D eigenvalue weighted by atomic mass is 10.4. The first-order chi connectivity index (χ1) is 5.43. The highest BCUT2D eigenvalue weighted by molar-refractivity contribution is 7.09. The molecule has 0 saturated carbocycles. The summed E-state index contributed by atoms with van der Waals surface area (Å²) in [5.74, 6) is 5.79. The number of rotatable bonds is 3. The minimum absolute atomic E-state index is 0.786. The first-order valence-corrected chi connectivity index (χ1v) is 4.44. The normalized spacial score (nSPS) is 8.82. The first kappa shape index (κ1) is 8.32. The lowest BCUT2D eigenvalue weighted by molar-refractivity contribution is 0.781. The van der Waals surface area contributed by atoms with Crippen LogP contribution in [0.25, 0.3) is 0 Å². The third-order valence-electron chi connectivity index (χ3n) is 1.27. The van der Waals surface area contributed by atoms with Gasteiger partial charge in [-0.1, -0.05) is 12.0 Å². The smallest absolute Gasteiger partial charge is 0.0579 e. The SMILES string of the molecule is CC#CCNCc1cccs1. The fraction of sp³-hybridized carbons (Fsp3) is 0.333. The Morgan fingerprint density at radius 1 is 1.64 bits per heavy atom. The molecule has 0 amide bonds. The molecule has 11 heavy (non-hydrogen) atoms. The van der Waals surface area contributed by atoms with Crippen molar-refractivity contribution in [1.29, 1.82) is 0 Å². The topological polar surface area (TPSA) is 12.0 Å². The summed E-state index contributed by atoms with van der Waals surface area (Å²) >= 11 is 1.77. The summed E-state index contributed by atoms with van der Waals surface area (Å²) in [6, 6.07) is 4.18. The monoisotopic (exact) mass is 165 g/mol. The molecule has 0 aliphatic heterocycles. The van der Waals surface area contributed by atoms with Crippen LogP contribution >= 0.6 is 11.3 Å². The summed E-state index contributed by atoms with van der Waals surface area (Å²) < 4.78 is 0. The number of hydrogen-bond donors (Lipinski definition) is 1. The fourth-order valence-electron chi connectivity index (χ4n) is 0.750. The Kier molecular flexibility index (Phi) is 3.74. The van der Waals surface area contributed by atoms with Gasteiger partial charge in [0.15, 0.2) is 0 Å². The first-order valence-electron chi connectivity index (χ1n) is 3.56. The average molecular weight is 165 g/mol. The second kappa shape index (κ2) is 4.95. The predicted octanol–water partition coefficient (Wildman–Crippen LogP) is 1.86. The molecule has 0 atom stereocenters. The second-order valence-corrected chi connectivity index (χ2v) is 3.14. The molecule has 1 rings (SSSR count). The average Bonchev–Trinajstić information content (AvgIpc) is 2.50. The number of nitrogens with one attached hydrogen (secondary N) is 1. The van der Waals surface area contributed by atoms with Crippen molar-refractivity contribution >= 4 is 11.3 Å². The maximum atomic E-state index is 3.23. The summed E-state index contributed by atoms with van der Waals surface area (Å²) in [5.41, 5.74) is 0. The van der Waals surface area contributed by atoms with Crippen LogP contribution in [0.2, 0.25) is 0 Å². The molecule has 0 radical (unpaired) electrons. The van der Waals surface area contributed by atoms with E-state index in [1.165, 1.54) is 4.88 Å². The molecule has 0 unspecified atom stereocenters. The Balaban J connectivity index is 2.17. The Bertz CT molecular complexity index is 240. The van der Waals surface area contributed by atoms with Gasteiger partial charge in [0.2, 0.25) is 0 Å². The minimum Gasteiger partial charge on any atom is -0.301 e. The van der Waals surface area contributed by atoms with E-state index < -0.39 is 0 Å². The summed E-state index contributed by atoms with van der Waals surface area (Å²) in [5, 5.41) is 5.31. The van der Waals surface area contributed by atoms with E-state index in [-0.39, 0.29) is 0 Å². The van der Waals surface area contributed by atoms with Crippen LogP contribution in [0.1, 0.15) is 11.8 Å². The quantitative estimate of drug-likeness (QED) is 0.532. The second-order valence-electron chi connectivity index (χ2n) is 2.11. The van der Waals surface area contributed by atoms with Gasteiger partial charge in [-0.05, 0) is 18.4 Å². The molecule has 1 aromatic heterocycles. The van der Waals surface area contributed by atoms with Crippen LogP contribution in [0.15, 0.2) is 17.5 Å². The summed E-state index contributed by atoms with van der Waals surface area (Å²) in [7, 11) is 0. The molecular formula is C9H11NS. The highest BCUT2D eigenvalue weighted by Crippen LogP contribution is 2.06. The number of thiophene rings is 1. The molecule has 0 saturated heterocycles. The molecule has 0 aliphatic carbocycles. The molecule has 2 heteroatoms. The van der Waals surface area contributed by atoms with E-state index in [9.17, 15) is 0 Å². The van der Waals surface area contributed by atoms with Gasteiger partial charge in [-0.3, -0.25) is 0 Å². The molecule has 1 N–H and O–H groups in total. The van der Waals surface area contributed by atoms with E-state index in [0.29, 0.717) is 0 Å². The number of hydrogen-bond acceptors (Lipinski definition) is 2. The van der Waals surface area contributed by atoms with Crippen molar-refractivity contribution in [2.24, 2.45) is 0 Å². The largest absolute Gasteiger partial charge is 0.301 e. The van der Waals surface area contributed by atoms with Crippen LogP contribution in [-0.4, -0.2) is 6.54 Å². The van der Waals surface area contributed by atoms with Gasteiger partial charge >= 0.3 is 0 Å². The van der Waals surface area contributed by atoms with Gasteiger partial charge in [0.1, 0.15) is 0 Å². The molecule has 1 aromatic rings. The van der Waals surface area contributed by atoms with Crippen molar-refractivity contribution in [3.8, 4) is 11.8 Å². The van der Waals surface area contributed by atoms with Gasteiger partial charge in [0.25, 0.3) is 0 Å². The summed E-state index contributed by atoms with van der Waals surface area (Å²) in [4.78, 5) is 1.36. The van der Waals surface area contributed by atoms with Crippen molar-refractivity contribution < 1.29 is 0 Å². The standard InChI is InChI=1S/C9H11NS/c1-2-3-6-10-8-9-5-4-7-11-9/h4-5,7,10H,6,8H2,1H3. The van der Waals surface area contributed by atoms with Gasteiger partial charge < -0.3 is 5.32 Å². The molecular weight excluding hydrogens is 154 g/mol. The van der Waals surface area contributed by atoms with Crippen LogP contribution < -0.4 is 5.32 Å². The zero-order valence-electron chi connectivity index (χ0n) is 6.55. The molecule has 1 heterocycles. The lowest BCUT2D eigenvalue weighted by Crippen LogP contribution is -2.11. The Morgan fingerprint density at radius 3 is 3.18 bits per heavy atom. The van der Waals surface area contributed by atoms with Crippen LogP contribution in [0.5, 0.6) is 0 Å². The van der Waals surface area contributed by atoms with Crippen molar-refractivity contribution in [2.75, 3.05) is 6.54 Å². The van der Waals surface area contributed by atoms with Crippen LogP contribution in [-0.2, 0) is 6.54 Å². The third-order valence-corrected chi connectivity index (χ3v) is 2.15. The predicted molar refractivity (Wildman–Crippen MR) is 49.5 cm³/mol. The molecule has 0 fully saturated rings. The minimum atomic E-state index is 0.786. The third kappa shape index (κ3) is 3.22. The lowest BCUT2D eigenvalue weighted by Gasteiger charge is -1.94. The van der Waals surface area contributed by atoms with E-state index in [1.807, 2.05) is 6.92 Å². The van der Waals surface area contributed by atoms with Gasteiger partial charge in [-0.2, -0.15) is 0 Å². The van der Waals surface area contributed by atoms with E-state index in [1.54, 1.807) is 11.3 Å². The molecule has 0 bridgehead atoms. The molecule has 0 aliphatic rings. The van der Waals surface area contributed by atoms with Crippen molar-refractivity contribution in [2.45, 2.75) is 13.5 Å². The van der Waals surface area contributed by atoms with E-state index >= 15 is 0 Å². The van der Waals surface area contributed by atoms with Crippen molar-refractivity contribution in [1.82, 2.24) is 5.32 Å². The van der Waals surface area contributed by atoms with Gasteiger partial charge in [0.05, 0.1) is 6.54 Å². The van der Waals surface area contributed by atoms with E-state index in [2.05, 4.69) is 34.7 Å². The summed E-state index contributed by atoms with van der Waals surface area (Å²) in [6.45, 7) is 3.58. The van der Waals surface area contributed by atoms with Crippen LogP contribution in [0.4, 0.5) is 0 Å². The maximum Gasteiger partial charge on any atom is 0.0579 e. The molecule has 1 nitrogen and oxygen atoms in total. The van der Waals surface area contributed by atoms with E-state index in [4.69, 9.17) is 0 Å². The van der Waals surface area contributed by atoms with Gasteiger partial charge in [-0.25, -0.2) is 0 Å². The van der Waals surface area contributed by atoms with Gasteiger partial charge in [0, 0.05) is 11.4 Å². The zero-order chi connectivity index (χ0) is 7.94. The van der Waals surface area contributed by atoms with Crippen LogP contribution in [0.3, 0.4) is 0 Å². The zero-order valence-corrected chi connectivity index (χ0v) is 7.37. The fourth-order valence-corrected chi connectivity index (χ4v) is 1.42. The van der Waals surface area contributed by atoms with E-state index in [0.717, 1.165) is 13.1 Å². The maximum absolute atomic E-state index is 3.23. The Labute approximate surface area is 71.4 Å². The van der Waals surface area contributed by atoms with Crippen LogP contribution in [0, 0.1) is 11.8 Å². The highest BCUT2D eigenvalue weighted by Gasteiger charge is 1.89. The molecule has 58 valence electrons. The molecule has 0 aromatic carbocycles. The highest BCUT2D eigenvalue weighted by atomic mass is 32.1.